The highest BCUT2D eigenvalue weighted by Crippen LogP contribution is 2.48. The zero-order valence-corrected chi connectivity index (χ0v) is 9.26. The molecule has 0 saturated heterocycles. The van der Waals surface area contributed by atoms with Crippen molar-refractivity contribution in [1.82, 2.24) is 0 Å². The van der Waals surface area contributed by atoms with E-state index in [0.29, 0.717) is 11.8 Å². The van der Waals surface area contributed by atoms with Crippen molar-refractivity contribution in [3.05, 3.63) is 0 Å². The van der Waals surface area contributed by atoms with Gasteiger partial charge in [0.25, 0.3) is 0 Å². The first-order valence-electron chi connectivity index (χ1n) is 5.09. The molecule has 2 fully saturated rings. The molecule has 0 radical (unpaired) electrons. The minimum absolute atomic E-state index is 0. The smallest absolute Gasteiger partial charge is 0.310 e. The van der Waals surface area contributed by atoms with E-state index in [4.69, 9.17) is 10.5 Å². The quantitative estimate of drug-likeness (QED) is 0.678. The van der Waals surface area contributed by atoms with Crippen molar-refractivity contribution < 1.29 is 9.53 Å². The van der Waals surface area contributed by atoms with Gasteiger partial charge in [0.15, 0.2) is 0 Å². The molecule has 0 heterocycles. The second-order valence-electron chi connectivity index (χ2n) is 4.24. The monoisotopic (exact) mass is 219 g/mol. The summed E-state index contributed by atoms with van der Waals surface area (Å²) in [5.41, 5.74) is 5.95. The van der Waals surface area contributed by atoms with E-state index in [1.165, 1.54) is 26.4 Å². The number of esters is 1. The maximum Gasteiger partial charge on any atom is 0.310 e. The van der Waals surface area contributed by atoms with Gasteiger partial charge in [0.1, 0.15) is 0 Å². The summed E-state index contributed by atoms with van der Waals surface area (Å²) >= 11 is 0. The number of ether oxygens (including phenoxy) is 1. The van der Waals surface area contributed by atoms with Crippen LogP contribution >= 0.6 is 12.4 Å². The molecular weight excluding hydrogens is 202 g/mol. The van der Waals surface area contributed by atoms with E-state index in [9.17, 15) is 4.79 Å². The molecule has 3 nitrogen and oxygen atoms in total. The zero-order chi connectivity index (χ0) is 9.42. The van der Waals surface area contributed by atoms with Crippen molar-refractivity contribution in [2.45, 2.75) is 31.7 Å². The fraction of sp³-hybridized carbons (Fsp3) is 0.900. The minimum Gasteiger partial charge on any atom is -0.469 e. The maximum atomic E-state index is 11.4. The highest BCUT2D eigenvalue weighted by Gasteiger charge is 2.52. The van der Waals surface area contributed by atoms with Crippen molar-refractivity contribution >= 4 is 18.4 Å². The van der Waals surface area contributed by atoms with Crippen molar-refractivity contribution in [2.75, 3.05) is 7.11 Å². The van der Waals surface area contributed by atoms with Crippen LogP contribution in [-0.4, -0.2) is 19.1 Å². The van der Waals surface area contributed by atoms with Crippen LogP contribution < -0.4 is 5.73 Å². The number of carbonyl (C=O) groups excluding carboxylic acids is 1. The molecule has 0 spiro atoms. The number of fused-ring (bicyclic) bond motifs is 1. The molecule has 0 amide bonds. The molecule has 0 bridgehead atoms. The molecule has 0 aromatic rings. The van der Waals surface area contributed by atoms with E-state index < -0.39 is 0 Å². The van der Waals surface area contributed by atoms with Crippen molar-refractivity contribution in [3.8, 4) is 0 Å². The van der Waals surface area contributed by atoms with Crippen LogP contribution in [0.2, 0.25) is 0 Å². The van der Waals surface area contributed by atoms with Crippen LogP contribution in [-0.2, 0) is 9.53 Å². The number of hydrogen-bond acceptors (Lipinski definition) is 3. The molecule has 4 atom stereocenters. The Labute approximate surface area is 90.8 Å². The number of carbonyl (C=O) groups is 1. The molecule has 2 rings (SSSR count). The first kappa shape index (κ1) is 11.8. The third-order valence-electron chi connectivity index (χ3n) is 3.72. The highest BCUT2D eigenvalue weighted by molar-refractivity contribution is 5.85. The van der Waals surface area contributed by atoms with Crippen LogP contribution in [0.15, 0.2) is 0 Å². The molecule has 4 heteroatoms. The predicted molar refractivity (Wildman–Crippen MR) is 56.2 cm³/mol. The van der Waals surface area contributed by atoms with Crippen LogP contribution in [0.5, 0.6) is 0 Å². The summed E-state index contributed by atoms with van der Waals surface area (Å²) in [6.45, 7) is 0. The number of halogens is 1. The van der Waals surface area contributed by atoms with Crippen LogP contribution in [0.4, 0.5) is 0 Å². The van der Waals surface area contributed by atoms with E-state index in [1.807, 2.05) is 0 Å². The zero-order valence-electron chi connectivity index (χ0n) is 8.44. The molecule has 2 aliphatic rings. The Hall–Kier alpha value is -0.280. The van der Waals surface area contributed by atoms with E-state index >= 15 is 0 Å². The van der Waals surface area contributed by atoms with Gasteiger partial charge in [-0.3, -0.25) is 4.79 Å². The summed E-state index contributed by atoms with van der Waals surface area (Å²) in [4.78, 5) is 11.4. The van der Waals surface area contributed by atoms with Crippen molar-refractivity contribution in [2.24, 2.45) is 23.5 Å². The Morgan fingerprint density at radius 3 is 2.43 bits per heavy atom. The molecule has 2 saturated carbocycles. The summed E-state index contributed by atoms with van der Waals surface area (Å²) in [7, 11) is 1.45. The van der Waals surface area contributed by atoms with Crippen LogP contribution in [0.3, 0.4) is 0 Å². The molecule has 0 aromatic carbocycles. The van der Waals surface area contributed by atoms with Gasteiger partial charge in [-0.2, -0.15) is 0 Å². The Balaban J connectivity index is 0.000000980. The molecule has 0 aliphatic heterocycles. The average Bonchev–Trinajstić information content (AvgIpc) is 2.17. The largest absolute Gasteiger partial charge is 0.469 e. The van der Waals surface area contributed by atoms with E-state index in [0.717, 1.165) is 6.42 Å². The lowest BCUT2D eigenvalue weighted by molar-refractivity contribution is -0.159. The van der Waals surface area contributed by atoms with Gasteiger partial charge in [0.05, 0.1) is 13.0 Å². The van der Waals surface area contributed by atoms with E-state index in [2.05, 4.69) is 0 Å². The molecule has 2 aliphatic carbocycles. The fourth-order valence-electron chi connectivity index (χ4n) is 2.99. The summed E-state index contributed by atoms with van der Waals surface area (Å²) in [5, 5.41) is 0. The van der Waals surface area contributed by atoms with Crippen molar-refractivity contribution in [3.63, 3.8) is 0 Å². The second-order valence-corrected chi connectivity index (χ2v) is 4.24. The van der Waals surface area contributed by atoms with Crippen LogP contribution in [0.1, 0.15) is 25.7 Å². The standard InChI is InChI=1S/C10H17NO2.ClH/c1-13-10(12)8-6-4-2-3-5-7(6)9(8)11;/h6-9H,2-5,11H2,1H3;1H. The molecule has 14 heavy (non-hydrogen) atoms. The van der Waals surface area contributed by atoms with Gasteiger partial charge in [-0.25, -0.2) is 0 Å². The second kappa shape index (κ2) is 4.49. The average molecular weight is 220 g/mol. The highest BCUT2D eigenvalue weighted by atomic mass is 35.5. The molecule has 2 N–H and O–H groups in total. The van der Waals surface area contributed by atoms with Gasteiger partial charge in [-0.15, -0.1) is 12.4 Å². The van der Waals surface area contributed by atoms with Gasteiger partial charge in [0.2, 0.25) is 0 Å². The number of hydrogen-bond donors (Lipinski definition) is 1. The molecule has 0 aromatic heterocycles. The summed E-state index contributed by atoms with van der Waals surface area (Å²) in [6.07, 6.45) is 4.90. The molecule has 4 unspecified atom stereocenters. The Bertz CT molecular complexity index is 222. The van der Waals surface area contributed by atoms with Crippen molar-refractivity contribution in [1.29, 1.82) is 0 Å². The predicted octanol–water partition coefficient (Wildman–Crippen LogP) is 1.34. The van der Waals surface area contributed by atoms with Gasteiger partial charge < -0.3 is 10.5 Å². The normalized spacial score (nSPS) is 40.1. The first-order valence-corrected chi connectivity index (χ1v) is 5.09. The number of methoxy groups -OCH3 is 1. The Kier molecular flexibility index (Phi) is 3.78. The summed E-state index contributed by atoms with van der Waals surface area (Å²) < 4.78 is 4.75. The number of rotatable bonds is 1. The SMILES string of the molecule is COC(=O)C1C(N)C2CCCCC21.Cl. The van der Waals surface area contributed by atoms with Gasteiger partial charge in [-0.1, -0.05) is 12.8 Å². The lowest BCUT2D eigenvalue weighted by Crippen LogP contribution is -2.60. The minimum atomic E-state index is -0.101. The Morgan fingerprint density at radius 2 is 1.86 bits per heavy atom. The Morgan fingerprint density at radius 1 is 1.29 bits per heavy atom. The van der Waals surface area contributed by atoms with E-state index in [-0.39, 0.29) is 30.3 Å². The van der Waals surface area contributed by atoms with Crippen LogP contribution in [0.25, 0.3) is 0 Å². The van der Waals surface area contributed by atoms with Gasteiger partial charge in [-0.05, 0) is 24.7 Å². The molecule has 82 valence electrons. The van der Waals surface area contributed by atoms with E-state index in [1.54, 1.807) is 0 Å². The lowest BCUT2D eigenvalue weighted by atomic mass is 9.55. The maximum absolute atomic E-state index is 11.4. The summed E-state index contributed by atoms with van der Waals surface area (Å²) in [5.74, 6) is 1.01. The molecular formula is C10H18ClNO2. The first-order chi connectivity index (χ1) is 6.25. The third-order valence-corrected chi connectivity index (χ3v) is 3.72. The van der Waals surface area contributed by atoms with Gasteiger partial charge in [0, 0.05) is 6.04 Å². The third kappa shape index (κ3) is 1.63. The summed E-state index contributed by atoms with van der Waals surface area (Å²) in [6, 6.07) is 0.0674. The van der Waals surface area contributed by atoms with Gasteiger partial charge >= 0.3 is 5.97 Å². The topological polar surface area (TPSA) is 52.3 Å². The fourth-order valence-corrected chi connectivity index (χ4v) is 2.99. The number of nitrogens with two attached hydrogens (primary N) is 1. The lowest BCUT2D eigenvalue weighted by Gasteiger charge is -2.51. The van der Waals surface area contributed by atoms with Crippen LogP contribution in [0, 0.1) is 17.8 Å².